The van der Waals surface area contributed by atoms with Gasteiger partial charge in [0.2, 0.25) is 5.52 Å². The zero-order chi connectivity index (χ0) is 11.0. The van der Waals surface area contributed by atoms with Gasteiger partial charge in [0.1, 0.15) is 5.75 Å². The number of benzene rings is 1. The minimum absolute atomic E-state index is 0.893. The first-order valence-electron chi connectivity index (χ1n) is 5.25. The number of fused-ring (bicyclic) bond motifs is 3. The van der Waals surface area contributed by atoms with Crippen molar-refractivity contribution in [3.63, 3.8) is 0 Å². The summed E-state index contributed by atoms with van der Waals surface area (Å²) in [5, 5.41) is 2.44. The Bertz CT molecular complexity index is 661. The van der Waals surface area contributed by atoms with Gasteiger partial charge in [0.15, 0.2) is 12.4 Å². The Kier molecular flexibility index (Phi) is 2.00. The molecule has 0 aliphatic carbocycles. The molecule has 0 fully saturated rings. The molecule has 0 amide bonds. The Morgan fingerprint density at radius 1 is 1.00 bits per heavy atom. The summed E-state index contributed by atoms with van der Waals surface area (Å²) in [5.41, 5.74) is 1.19. The first kappa shape index (κ1) is 9.16. The van der Waals surface area contributed by atoms with Gasteiger partial charge in [0, 0.05) is 18.2 Å². The largest absolute Gasteiger partial charge is 0.497 e. The Labute approximate surface area is 93.7 Å². The van der Waals surface area contributed by atoms with Crippen molar-refractivity contribution in [3.05, 3.63) is 54.9 Å². The van der Waals surface area contributed by atoms with Crippen LogP contribution in [0.3, 0.4) is 0 Å². The van der Waals surface area contributed by atoms with Gasteiger partial charge in [0.05, 0.1) is 12.5 Å². The van der Waals surface area contributed by atoms with E-state index in [2.05, 4.69) is 34.9 Å². The molecule has 2 heteroatoms. The van der Waals surface area contributed by atoms with Crippen LogP contribution in [-0.2, 0) is 0 Å². The number of nitrogens with zero attached hydrogens (tertiary/aromatic N) is 1. The van der Waals surface area contributed by atoms with Gasteiger partial charge in [0.25, 0.3) is 0 Å². The molecule has 0 bridgehead atoms. The molecule has 0 saturated carbocycles. The SMILES string of the molecule is COc1ccc2cc[n+]3ccccc3c2c1. The molecular weight excluding hydrogens is 198 g/mol. The van der Waals surface area contributed by atoms with Gasteiger partial charge in [-0.05, 0) is 23.6 Å². The second-order valence-electron chi connectivity index (χ2n) is 3.76. The molecular formula is C14H12NO+. The molecule has 2 nitrogen and oxygen atoms in total. The molecule has 78 valence electrons. The number of rotatable bonds is 1. The van der Waals surface area contributed by atoms with Crippen LogP contribution >= 0.6 is 0 Å². The van der Waals surface area contributed by atoms with Gasteiger partial charge < -0.3 is 4.74 Å². The highest BCUT2D eigenvalue weighted by Crippen LogP contribution is 2.22. The van der Waals surface area contributed by atoms with Gasteiger partial charge in [-0.25, -0.2) is 0 Å². The Hall–Kier alpha value is -2.09. The molecule has 3 aromatic rings. The van der Waals surface area contributed by atoms with E-state index in [0.29, 0.717) is 0 Å². The Morgan fingerprint density at radius 2 is 1.94 bits per heavy atom. The fourth-order valence-electron chi connectivity index (χ4n) is 2.00. The van der Waals surface area contributed by atoms with Crippen LogP contribution in [0.5, 0.6) is 5.75 Å². The molecule has 0 spiro atoms. The molecule has 0 unspecified atom stereocenters. The van der Waals surface area contributed by atoms with Crippen LogP contribution in [0.4, 0.5) is 0 Å². The maximum Gasteiger partial charge on any atom is 0.218 e. The van der Waals surface area contributed by atoms with Crippen LogP contribution in [0.25, 0.3) is 16.3 Å². The van der Waals surface area contributed by atoms with Crippen molar-refractivity contribution in [2.24, 2.45) is 0 Å². The molecule has 0 N–H and O–H groups in total. The van der Waals surface area contributed by atoms with Crippen LogP contribution in [0.2, 0.25) is 0 Å². The molecule has 2 heterocycles. The number of aromatic nitrogens is 1. The highest BCUT2D eigenvalue weighted by atomic mass is 16.5. The summed E-state index contributed by atoms with van der Waals surface area (Å²) in [7, 11) is 1.69. The lowest BCUT2D eigenvalue weighted by Gasteiger charge is -2.02. The van der Waals surface area contributed by atoms with Crippen molar-refractivity contribution in [2.75, 3.05) is 7.11 Å². The van der Waals surface area contributed by atoms with E-state index in [-0.39, 0.29) is 0 Å². The van der Waals surface area contributed by atoms with E-state index >= 15 is 0 Å². The lowest BCUT2D eigenvalue weighted by molar-refractivity contribution is -0.510. The van der Waals surface area contributed by atoms with Crippen molar-refractivity contribution < 1.29 is 9.14 Å². The zero-order valence-corrected chi connectivity index (χ0v) is 9.05. The predicted molar refractivity (Wildman–Crippen MR) is 63.7 cm³/mol. The molecule has 16 heavy (non-hydrogen) atoms. The third-order valence-electron chi connectivity index (χ3n) is 2.84. The molecule has 1 aromatic carbocycles. The predicted octanol–water partition coefficient (Wildman–Crippen LogP) is 2.59. The van der Waals surface area contributed by atoms with E-state index in [0.717, 1.165) is 5.75 Å². The van der Waals surface area contributed by atoms with Crippen molar-refractivity contribution in [1.29, 1.82) is 0 Å². The highest BCUT2D eigenvalue weighted by Gasteiger charge is 2.07. The number of pyridine rings is 2. The summed E-state index contributed by atoms with van der Waals surface area (Å²) in [5.74, 6) is 0.893. The summed E-state index contributed by atoms with van der Waals surface area (Å²) >= 11 is 0. The van der Waals surface area contributed by atoms with Gasteiger partial charge in [-0.3, -0.25) is 0 Å². The summed E-state index contributed by atoms with van der Waals surface area (Å²) in [6, 6.07) is 14.4. The van der Waals surface area contributed by atoms with E-state index < -0.39 is 0 Å². The average Bonchev–Trinajstić information content (AvgIpc) is 2.38. The van der Waals surface area contributed by atoms with Crippen molar-refractivity contribution in [2.45, 2.75) is 0 Å². The maximum atomic E-state index is 5.26. The number of ether oxygens (including phenoxy) is 1. The normalized spacial score (nSPS) is 10.8. The van der Waals surface area contributed by atoms with Crippen LogP contribution in [0, 0.1) is 0 Å². The van der Waals surface area contributed by atoms with E-state index in [4.69, 9.17) is 4.74 Å². The van der Waals surface area contributed by atoms with Gasteiger partial charge >= 0.3 is 0 Å². The number of hydrogen-bond acceptors (Lipinski definition) is 1. The standard InChI is InChI=1S/C14H12NO/c1-16-12-6-5-11-7-9-15-8-3-2-4-14(15)13(11)10-12/h2-10H,1H3/q+1. The number of methoxy groups -OCH3 is 1. The second kappa shape index (κ2) is 3.49. The molecule has 0 aliphatic rings. The lowest BCUT2D eigenvalue weighted by atomic mass is 10.1. The summed E-state index contributed by atoms with van der Waals surface area (Å²) < 4.78 is 7.37. The van der Waals surface area contributed by atoms with Crippen molar-refractivity contribution in [1.82, 2.24) is 0 Å². The van der Waals surface area contributed by atoms with Crippen LogP contribution < -0.4 is 9.14 Å². The minimum atomic E-state index is 0.893. The van der Waals surface area contributed by atoms with Gasteiger partial charge in [-0.2, -0.15) is 4.40 Å². The molecule has 3 rings (SSSR count). The smallest absolute Gasteiger partial charge is 0.218 e. The topological polar surface area (TPSA) is 13.3 Å². The fraction of sp³-hybridized carbons (Fsp3) is 0.0714. The van der Waals surface area contributed by atoms with E-state index in [1.54, 1.807) is 7.11 Å². The molecule has 2 aromatic heterocycles. The molecule has 0 atom stereocenters. The molecule has 0 radical (unpaired) electrons. The summed E-state index contributed by atoms with van der Waals surface area (Å²) in [6.07, 6.45) is 4.12. The van der Waals surface area contributed by atoms with Crippen LogP contribution in [0.1, 0.15) is 0 Å². The average molecular weight is 210 g/mol. The second-order valence-corrected chi connectivity index (χ2v) is 3.76. The molecule has 0 saturated heterocycles. The first-order chi connectivity index (χ1) is 7.88. The number of hydrogen-bond donors (Lipinski definition) is 0. The quantitative estimate of drug-likeness (QED) is 0.444. The lowest BCUT2D eigenvalue weighted by Crippen LogP contribution is -2.19. The van der Waals surface area contributed by atoms with E-state index in [1.165, 1.54) is 16.3 Å². The summed E-state index contributed by atoms with van der Waals surface area (Å²) in [4.78, 5) is 0. The monoisotopic (exact) mass is 210 g/mol. The summed E-state index contributed by atoms with van der Waals surface area (Å²) in [6.45, 7) is 0. The van der Waals surface area contributed by atoms with Crippen LogP contribution in [0.15, 0.2) is 54.9 Å². The van der Waals surface area contributed by atoms with Gasteiger partial charge in [-0.15, -0.1) is 0 Å². The maximum absolute atomic E-state index is 5.26. The Balaban J connectivity index is 2.47. The molecule has 0 aliphatic heterocycles. The third-order valence-corrected chi connectivity index (χ3v) is 2.84. The zero-order valence-electron chi connectivity index (χ0n) is 9.05. The fourth-order valence-corrected chi connectivity index (χ4v) is 2.00. The van der Waals surface area contributed by atoms with Crippen LogP contribution in [-0.4, -0.2) is 7.11 Å². The third kappa shape index (κ3) is 1.31. The highest BCUT2D eigenvalue weighted by molar-refractivity contribution is 5.94. The van der Waals surface area contributed by atoms with Crippen molar-refractivity contribution >= 4 is 16.3 Å². The van der Waals surface area contributed by atoms with E-state index in [1.807, 2.05) is 24.4 Å². The first-order valence-corrected chi connectivity index (χ1v) is 5.25. The Morgan fingerprint density at radius 3 is 2.81 bits per heavy atom. The van der Waals surface area contributed by atoms with Gasteiger partial charge in [-0.1, -0.05) is 6.07 Å². The minimum Gasteiger partial charge on any atom is -0.497 e. The van der Waals surface area contributed by atoms with E-state index in [9.17, 15) is 0 Å². The van der Waals surface area contributed by atoms with Crippen molar-refractivity contribution in [3.8, 4) is 5.75 Å².